The first-order chi connectivity index (χ1) is 7.05. The van der Waals surface area contributed by atoms with E-state index in [1.54, 1.807) is 26.8 Å². The van der Waals surface area contributed by atoms with Crippen LogP contribution in [0.4, 0.5) is 0 Å². The molecule has 0 amide bonds. The van der Waals surface area contributed by atoms with Gasteiger partial charge in [-0.3, -0.25) is 9.36 Å². The van der Waals surface area contributed by atoms with Crippen LogP contribution in [0.15, 0.2) is 11.6 Å². The van der Waals surface area contributed by atoms with Gasteiger partial charge in [0.05, 0.1) is 13.2 Å². The van der Waals surface area contributed by atoms with Gasteiger partial charge in [-0.05, 0) is 32.8 Å². The first kappa shape index (κ1) is 12.6. The average molecular weight is 232 g/mol. The molecule has 0 saturated heterocycles. The zero-order valence-corrected chi connectivity index (χ0v) is 10.3. The summed E-state index contributed by atoms with van der Waals surface area (Å²) in [5, 5.41) is 0. The lowest BCUT2D eigenvalue weighted by molar-refractivity contribution is -0.114. The van der Waals surface area contributed by atoms with Crippen molar-refractivity contribution < 1.29 is 18.4 Å². The van der Waals surface area contributed by atoms with Crippen molar-refractivity contribution in [2.45, 2.75) is 32.9 Å². The molecule has 0 saturated carbocycles. The van der Waals surface area contributed by atoms with E-state index in [0.717, 1.165) is 0 Å². The normalized spacial score (nSPS) is 21.9. The van der Waals surface area contributed by atoms with Crippen LogP contribution in [0.1, 0.15) is 27.2 Å². The number of hydrogen-bond acceptors (Lipinski definition) is 4. The number of allylic oxidation sites excluding steroid dienone is 2. The molecule has 0 N–H and O–H groups in total. The largest absolute Gasteiger partial charge is 0.341 e. The second-order valence-corrected chi connectivity index (χ2v) is 5.60. The van der Waals surface area contributed by atoms with E-state index in [1.165, 1.54) is 0 Å². The Morgan fingerprint density at radius 3 is 2.27 bits per heavy atom. The van der Waals surface area contributed by atoms with Gasteiger partial charge >= 0.3 is 7.60 Å². The van der Waals surface area contributed by atoms with Gasteiger partial charge in [-0.25, -0.2) is 0 Å². The van der Waals surface area contributed by atoms with E-state index in [-0.39, 0.29) is 5.78 Å². The third-order valence-corrected chi connectivity index (χ3v) is 4.78. The standard InChI is InChI=1S/C10H17O4P/c1-4-13-15(12,14-5-2)9-7-6-8(3)10(9)11/h6,9H,4-5,7H2,1-3H3/t9-/m1/s1. The smallest absolute Gasteiger partial charge is 0.308 e. The van der Waals surface area contributed by atoms with Gasteiger partial charge in [0.25, 0.3) is 0 Å². The summed E-state index contributed by atoms with van der Waals surface area (Å²) in [5.74, 6) is -0.111. The predicted octanol–water partition coefficient (Wildman–Crippen LogP) is 2.54. The lowest BCUT2D eigenvalue weighted by Crippen LogP contribution is -2.19. The highest BCUT2D eigenvalue weighted by atomic mass is 31.2. The Labute approximate surface area is 90.2 Å². The van der Waals surface area contributed by atoms with Gasteiger partial charge in [-0.15, -0.1) is 0 Å². The van der Waals surface area contributed by atoms with Gasteiger partial charge in [-0.1, -0.05) is 6.08 Å². The van der Waals surface area contributed by atoms with Crippen LogP contribution in [-0.2, 0) is 18.4 Å². The number of carbonyl (C=O) groups is 1. The topological polar surface area (TPSA) is 52.6 Å². The van der Waals surface area contributed by atoms with E-state index in [9.17, 15) is 9.36 Å². The average Bonchev–Trinajstić information content (AvgIpc) is 2.49. The number of hydrogen-bond donors (Lipinski definition) is 0. The van der Waals surface area contributed by atoms with Crippen LogP contribution in [-0.4, -0.2) is 24.7 Å². The van der Waals surface area contributed by atoms with Crippen molar-refractivity contribution in [1.82, 2.24) is 0 Å². The van der Waals surface area contributed by atoms with Crippen LogP contribution in [0.3, 0.4) is 0 Å². The highest BCUT2D eigenvalue weighted by Gasteiger charge is 2.43. The number of Topliss-reactive ketones (excluding diaryl/α,β-unsaturated/α-hetero) is 1. The molecule has 0 aromatic heterocycles. The Morgan fingerprint density at radius 2 is 1.93 bits per heavy atom. The third kappa shape index (κ3) is 2.57. The Morgan fingerprint density at radius 1 is 1.40 bits per heavy atom. The Kier molecular flexibility index (Phi) is 4.26. The molecule has 1 rings (SSSR count). The summed E-state index contributed by atoms with van der Waals surface area (Å²) in [4.78, 5) is 11.7. The second kappa shape index (κ2) is 5.06. The van der Waals surface area contributed by atoms with Crippen LogP contribution in [0.5, 0.6) is 0 Å². The quantitative estimate of drug-likeness (QED) is 0.683. The molecular formula is C10H17O4P. The van der Waals surface area contributed by atoms with Crippen LogP contribution >= 0.6 is 7.60 Å². The molecule has 1 aliphatic rings. The van der Waals surface area contributed by atoms with Gasteiger partial charge in [0.15, 0.2) is 5.78 Å². The summed E-state index contributed by atoms with van der Waals surface area (Å²) in [5.41, 5.74) is 0.0250. The first-order valence-electron chi connectivity index (χ1n) is 5.15. The van der Waals surface area contributed by atoms with Gasteiger partial charge < -0.3 is 9.05 Å². The number of rotatable bonds is 5. The maximum absolute atomic E-state index is 12.3. The van der Waals surface area contributed by atoms with E-state index in [1.807, 2.05) is 0 Å². The summed E-state index contributed by atoms with van der Waals surface area (Å²) in [6.07, 6.45) is 2.25. The van der Waals surface area contributed by atoms with E-state index in [0.29, 0.717) is 25.2 Å². The molecule has 0 aromatic rings. The van der Waals surface area contributed by atoms with Crippen molar-refractivity contribution in [2.24, 2.45) is 0 Å². The molecule has 1 aliphatic carbocycles. The van der Waals surface area contributed by atoms with E-state index in [4.69, 9.17) is 9.05 Å². The summed E-state index contributed by atoms with van der Waals surface area (Å²) in [6, 6.07) is 0. The summed E-state index contributed by atoms with van der Waals surface area (Å²) in [7, 11) is -3.26. The van der Waals surface area contributed by atoms with Gasteiger partial charge in [0.2, 0.25) is 0 Å². The van der Waals surface area contributed by atoms with Gasteiger partial charge in [0.1, 0.15) is 5.66 Å². The van der Waals surface area contributed by atoms with Gasteiger partial charge in [0, 0.05) is 0 Å². The molecule has 0 aliphatic heterocycles. The van der Waals surface area contributed by atoms with Crippen LogP contribution in [0.25, 0.3) is 0 Å². The highest BCUT2D eigenvalue weighted by molar-refractivity contribution is 7.55. The second-order valence-electron chi connectivity index (χ2n) is 3.38. The summed E-state index contributed by atoms with van der Waals surface area (Å²) >= 11 is 0. The van der Waals surface area contributed by atoms with Crippen molar-refractivity contribution in [1.29, 1.82) is 0 Å². The fourth-order valence-electron chi connectivity index (χ4n) is 1.61. The molecule has 0 bridgehead atoms. The molecule has 0 unspecified atom stereocenters. The predicted molar refractivity (Wildman–Crippen MR) is 58.0 cm³/mol. The minimum absolute atomic E-state index is 0.111. The molecule has 0 fully saturated rings. The molecule has 5 heteroatoms. The summed E-state index contributed by atoms with van der Waals surface area (Å²) < 4.78 is 22.6. The molecule has 86 valence electrons. The minimum Gasteiger partial charge on any atom is -0.308 e. The maximum atomic E-state index is 12.3. The molecule has 4 nitrogen and oxygen atoms in total. The highest BCUT2D eigenvalue weighted by Crippen LogP contribution is 2.56. The molecule has 15 heavy (non-hydrogen) atoms. The zero-order valence-electron chi connectivity index (χ0n) is 9.36. The van der Waals surface area contributed by atoms with E-state index < -0.39 is 13.3 Å². The zero-order chi connectivity index (χ0) is 11.5. The lowest BCUT2D eigenvalue weighted by Gasteiger charge is -2.21. The maximum Gasteiger partial charge on any atom is 0.341 e. The Bertz CT molecular complexity index is 311. The molecule has 0 radical (unpaired) electrons. The number of ketones is 1. The Hall–Kier alpha value is -0.440. The van der Waals surface area contributed by atoms with Gasteiger partial charge in [-0.2, -0.15) is 0 Å². The molecule has 0 aromatic carbocycles. The van der Waals surface area contributed by atoms with E-state index >= 15 is 0 Å². The fraction of sp³-hybridized carbons (Fsp3) is 0.700. The Balaban J connectivity index is 2.83. The lowest BCUT2D eigenvalue weighted by atomic mass is 10.2. The van der Waals surface area contributed by atoms with Crippen molar-refractivity contribution in [2.75, 3.05) is 13.2 Å². The number of carbonyl (C=O) groups excluding carboxylic acids is 1. The van der Waals surface area contributed by atoms with Crippen molar-refractivity contribution >= 4 is 13.4 Å². The third-order valence-electron chi connectivity index (χ3n) is 2.34. The van der Waals surface area contributed by atoms with Crippen LogP contribution < -0.4 is 0 Å². The fourth-order valence-corrected chi connectivity index (χ4v) is 3.62. The van der Waals surface area contributed by atoms with Crippen molar-refractivity contribution in [3.63, 3.8) is 0 Å². The monoisotopic (exact) mass is 232 g/mol. The molecule has 0 spiro atoms. The molecule has 0 heterocycles. The first-order valence-corrected chi connectivity index (χ1v) is 6.76. The van der Waals surface area contributed by atoms with Crippen molar-refractivity contribution in [3.05, 3.63) is 11.6 Å². The SMILES string of the molecule is CCOP(=O)(OCC)[C@@H]1CC=C(C)C1=O. The molecular weight excluding hydrogens is 215 g/mol. The van der Waals surface area contributed by atoms with Crippen LogP contribution in [0.2, 0.25) is 0 Å². The molecule has 1 atom stereocenters. The summed E-state index contributed by atoms with van der Waals surface area (Å²) in [6.45, 7) is 5.79. The van der Waals surface area contributed by atoms with Crippen molar-refractivity contribution in [3.8, 4) is 0 Å². The van der Waals surface area contributed by atoms with Crippen LogP contribution in [0, 0.1) is 0 Å². The van der Waals surface area contributed by atoms with E-state index in [2.05, 4.69) is 0 Å². The minimum atomic E-state index is -3.26.